The molecule has 0 radical (unpaired) electrons. The number of rotatable bonds is 0. The minimum Gasteiger partial charge on any atom is -0.326 e. The minimum atomic E-state index is -4.37. The number of amides is 1. The van der Waals surface area contributed by atoms with Crippen molar-refractivity contribution in [1.82, 2.24) is 0 Å². The highest BCUT2D eigenvalue weighted by molar-refractivity contribution is 5.99. The largest absolute Gasteiger partial charge is 0.416 e. The van der Waals surface area contributed by atoms with E-state index in [0.29, 0.717) is 11.1 Å². The van der Waals surface area contributed by atoms with Crippen LogP contribution in [0.25, 0.3) is 0 Å². The van der Waals surface area contributed by atoms with Crippen molar-refractivity contribution in [3.8, 4) is 0 Å². The van der Waals surface area contributed by atoms with E-state index in [1.54, 1.807) is 6.92 Å². The van der Waals surface area contributed by atoms with Gasteiger partial charge in [-0.3, -0.25) is 4.79 Å². The van der Waals surface area contributed by atoms with Crippen LogP contribution in [0.5, 0.6) is 0 Å². The van der Waals surface area contributed by atoms with E-state index in [2.05, 4.69) is 5.32 Å². The number of aryl methyl sites for hydroxylation is 1. The van der Waals surface area contributed by atoms with Crippen LogP contribution < -0.4 is 5.32 Å². The number of alkyl halides is 3. The lowest BCUT2D eigenvalue weighted by atomic mass is 10.0. The highest BCUT2D eigenvalue weighted by atomic mass is 19.4. The van der Waals surface area contributed by atoms with Gasteiger partial charge < -0.3 is 5.32 Å². The molecule has 0 atom stereocenters. The van der Waals surface area contributed by atoms with Gasteiger partial charge in [-0.15, -0.1) is 0 Å². The van der Waals surface area contributed by atoms with Crippen molar-refractivity contribution in [2.75, 3.05) is 5.32 Å². The van der Waals surface area contributed by atoms with Crippen LogP contribution in [0.15, 0.2) is 12.1 Å². The Labute approximate surface area is 84.1 Å². The maximum absolute atomic E-state index is 12.4. The van der Waals surface area contributed by atoms with Gasteiger partial charge >= 0.3 is 6.18 Å². The quantitative estimate of drug-likeness (QED) is 0.707. The van der Waals surface area contributed by atoms with E-state index in [1.165, 1.54) is 0 Å². The second-order valence-electron chi connectivity index (χ2n) is 3.54. The number of fused-ring (bicyclic) bond motifs is 1. The summed E-state index contributed by atoms with van der Waals surface area (Å²) in [6.07, 6.45) is -4.20. The Balaban J connectivity index is 2.54. The van der Waals surface area contributed by atoms with Gasteiger partial charge in [0.05, 0.1) is 12.0 Å². The summed E-state index contributed by atoms with van der Waals surface area (Å²) in [7, 11) is 0. The summed E-state index contributed by atoms with van der Waals surface area (Å²) in [6, 6.07) is 2.05. The van der Waals surface area contributed by atoms with Crippen molar-refractivity contribution in [1.29, 1.82) is 0 Å². The molecular formula is C10H8F3NO. The van der Waals surface area contributed by atoms with E-state index in [1.807, 2.05) is 0 Å². The molecule has 5 heteroatoms. The molecule has 1 heterocycles. The van der Waals surface area contributed by atoms with Gasteiger partial charge in [-0.25, -0.2) is 0 Å². The van der Waals surface area contributed by atoms with Gasteiger partial charge in [0.15, 0.2) is 0 Å². The molecule has 1 aliphatic heterocycles. The monoisotopic (exact) mass is 215 g/mol. The third-order valence-electron chi connectivity index (χ3n) is 2.41. The van der Waals surface area contributed by atoms with E-state index in [4.69, 9.17) is 0 Å². The van der Waals surface area contributed by atoms with Crippen LogP contribution in [0.1, 0.15) is 16.7 Å². The van der Waals surface area contributed by atoms with Gasteiger partial charge in [-0.2, -0.15) is 13.2 Å². The van der Waals surface area contributed by atoms with Crippen LogP contribution >= 0.6 is 0 Å². The number of carbonyl (C=O) groups is 1. The first kappa shape index (κ1) is 10.0. The average Bonchev–Trinajstić information content (AvgIpc) is 2.44. The predicted octanol–water partition coefficient (Wildman–Crippen LogP) is 2.51. The van der Waals surface area contributed by atoms with Crippen LogP contribution in [0.2, 0.25) is 0 Å². The Morgan fingerprint density at radius 2 is 2.00 bits per heavy atom. The minimum absolute atomic E-state index is 0.166. The van der Waals surface area contributed by atoms with Crippen LogP contribution in [0, 0.1) is 6.92 Å². The lowest BCUT2D eigenvalue weighted by Gasteiger charge is -2.10. The van der Waals surface area contributed by atoms with Crippen LogP contribution in [-0.4, -0.2) is 5.91 Å². The zero-order valence-electron chi connectivity index (χ0n) is 7.90. The first-order chi connectivity index (χ1) is 6.88. The normalized spacial score (nSPS) is 15.1. The summed E-state index contributed by atoms with van der Waals surface area (Å²) in [5.41, 5.74) is 0.722. The van der Waals surface area contributed by atoms with Gasteiger partial charge in [0.2, 0.25) is 5.91 Å². The number of halogens is 3. The Kier molecular flexibility index (Phi) is 1.99. The van der Waals surface area contributed by atoms with E-state index >= 15 is 0 Å². The average molecular weight is 215 g/mol. The Morgan fingerprint density at radius 3 is 2.60 bits per heavy atom. The Bertz CT molecular complexity index is 437. The maximum atomic E-state index is 12.4. The summed E-state index contributed by atoms with van der Waals surface area (Å²) in [6.45, 7) is 1.58. The van der Waals surface area contributed by atoms with E-state index in [9.17, 15) is 18.0 Å². The van der Waals surface area contributed by atoms with Crippen LogP contribution in [-0.2, 0) is 17.4 Å². The molecule has 0 saturated carbocycles. The van der Waals surface area contributed by atoms with Gasteiger partial charge in [-0.1, -0.05) is 0 Å². The molecule has 1 amide bonds. The molecule has 2 nitrogen and oxygen atoms in total. The molecule has 0 bridgehead atoms. The molecule has 0 aliphatic carbocycles. The number of benzene rings is 1. The SMILES string of the molecule is Cc1cc(C(F)(F)F)cc2c1CC(=O)N2. The molecule has 15 heavy (non-hydrogen) atoms. The highest BCUT2D eigenvalue weighted by Crippen LogP contribution is 2.35. The number of hydrogen-bond acceptors (Lipinski definition) is 1. The van der Waals surface area contributed by atoms with Crippen molar-refractivity contribution in [3.63, 3.8) is 0 Å². The van der Waals surface area contributed by atoms with Gasteiger partial charge in [0.1, 0.15) is 0 Å². The lowest BCUT2D eigenvalue weighted by molar-refractivity contribution is -0.137. The van der Waals surface area contributed by atoms with E-state index in [-0.39, 0.29) is 18.0 Å². The van der Waals surface area contributed by atoms with Crippen molar-refractivity contribution >= 4 is 11.6 Å². The third kappa shape index (κ3) is 1.69. The van der Waals surface area contributed by atoms with Crippen molar-refractivity contribution < 1.29 is 18.0 Å². The molecule has 0 saturated heterocycles. The molecule has 1 aromatic rings. The molecule has 1 aliphatic rings. The zero-order valence-corrected chi connectivity index (χ0v) is 7.90. The third-order valence-corrected chi connectivity index (χ3v) is 2.41. The fraction of sp³-hybridized carbons (Fsp3) is 0.300. The Hall–Kier alpha value is -1.52. The van der Waals surface area contributed by atoms with Crippen LogP contribution in [0.4, 0.5) is 18.9 Å². The molecule has 2 rings (SSSR count). The molecular weight excluding hydrogens is 207 g/mol. The first-order valence-electron chi connectivity index (χ1n) is 4.38. The van der Waals surface area contributed by atoms with Crippen molar-refractivity contribution in [3.05, 3.63) is 28.8 Å². The number of nitrogens with one attached hydrogen (secondary N) is 1. The molecule has 0 aromatic heterocycles. The second kappa shape index (κ2) is 2.98. The number of carbonyl (C=O) groups excluding carboxylic acids is 1. The fourth-order valence-corrected chi connectivity index (χ4v) is 1.68. The van der Waals surface area contributed by atoms with E-state index < -0.39 is 11.7 Å². The molecule has 0 unspecified atom stereocenters. The van der Waals surface area contributed by atoms with E-state index in [0.717, 1.165) is 12.1 Å². The maximum Gasteiger partial charge on any atom is 0.416 e. The summed E-state index contributed by atoms with van der Waals surface area (Å²) < 4.78 is 37.3. The summed E-state index contributed by atoms with van der Waals surface area (Å²) in [5.74, 6) is -0.257. The molecule has 0 spiro atoms. The number of anilines is 1. The van der Waals surface area contributed by atoms with Gasteiger partial charge in [-0.05, 0) is 30.2 Å². The Morgan fingerprint density at radius 1 is 1.33 bits per heavy atom. The zero-order chi connectivity index (χ0) is 11.2. The fourth-order valence-electron chi connectivity index (χ4n) is 1.68. The van der Waals surface area contributed by atoms with Crippen molar-refractivity contribution in [2.45, 2.75) is 19.5 Å². The molecule has 1 aromatic carbocycles. The predicted molar refractivity (Wildman–Crippen MR) is 48.5 cm³/mol. The number of hydrogen-bond donors (Lipinski definition) is 1. The lowest BCUT2D eigenvalue weighted by Crippen LogP contribution is -2.06. The summed E-state index contributed by atoms with van der Waals surface area (Å²) in [4.78, 5) is 11.0. The topological polar surface area (TPSA) is 29.1 Å². The molecule has 80 valence electrons. The van der Waals surface area contributed by atoms with Crippen molar-refractivity contribution in [2.24, 2.45) is 0 Å². The smallest absolute Gasteiger partial charge is 0.326 e. The first-order valence-corrected chi connectivity index (χ1v) is 4.38. The molecule has 0 fully saturated rings. The van der Waals surface area contributed by atoms with Gasteiger partial charge in [0, 0.05) is 5.69 Å². The van der Waals surface area contributed by atoms with Crippen LogP contribution in [0.3, 0.4) is 0 Å². The second-order valence-corrected chi connectivity index (χ2v) is 3.54. The summed E-state index contributed by atoms with van der Waals surface area (Å²) >= 11 is 0. The molecule has 1 N–H and O–H groups in total. The standard InChI is InChI=1S/C10H8F3NO/c1-5-2-6(10(11,12)13)3-8-7(5)4-9(15)14-8/h2-3H,4H2,1H3,(H,14,15). The summed E-state index contributed by atoms with van der Waals surface area (Å²) in [5, 5.41) is 2.41. The highest BCUT2D eigenvalue weighted by Gasteiger charge is 2.33. The van der Waals surface area contributed by atoms with Gasteiger partial charge in [0.25, 0.3) is 0 Å².